The highest BCUT2D eigenvalue weighted by Gasteiger charge is 2.33. The average Bonchev–Trinajstić information content (AvgIpc) is 2.43. The summed E-state index contributed by atoms with van der Waals surface area (Å²) < 4.78 is 5.71. The van der Waals surface area contributed by atoms with Crippen LogP contribution in [0.2, 0.25) is 10.0 Å². The molecule has 6 heteroatoms. The zero-order valence-electron chi connectivity index (χ0n) is 11.0. The summed E-state index contributed by atoms with van der Waals surface area (Å²) in [6, 6.07) is 8.52. The van der Waals surface area contributed by atoms with Crippen molar-refractivity contribution >= 4 is 29.1 Å². The molecular weight excluding hydrogens is 311 g/mol. The Balaban J connectivity index is 1.59. The van der Waals surface area contributed by atoms with Gasteiger partial charge in [0.2, 0.25) is 0 Å². The minimum absolute atomic E-state index is 0.00998. The number of hydrogen-bond acceptors (Lipinski definition) is 3. The highest BCUT2D eigenvalue weighted by atomic mass is 35.5. The lowest BCUT2D eigenvalue weighted by Crippen LogP contribution is -2.56. The van der Waals surface area contributed by atoms with E-state index in [4.69, 9.17) is 27.9 Å². The van der Waals surface area contributed by atoms with Crippen LogP contribution in [0.3, 0.4) is 0 Å². The van der Waals surface area contributed by atoms with Crippen LogP contribution in [0.4, 0.5) is 0 Å². The predicted molar refractivity (Wildman–Crippen MR) is 81.0 cm³/mol. The third-order valence-corrected chi connectivity index (χ3v) is 3.78. The highest BCUT2D eigenvalue weighted by molar-refractivity contribution is 6.36. The molecule has 1 aliphatic heterocycles. The van der Waals surface area contributed by atoms with E-state index in [1.807, 2.05) is 12.1 Å². The predicted octanol–water partition coefficient (Wildman–Crippen LogP) is 3.29. The molecule has 0 bridgehead atoms. The van der Waals surface area contributed by atoms with Gasteiger partial charge in [-0.3, -0.25) is 9.78 Å². The summed E-state index contributed by atoms with van der Waals surface area (Å²) >= 11 is 11.9. The molecule has 1 amide bonds. The number of benzene rings is 1. The molecule has 4 nitrogen and oxygen atoms in total. The van der Waals surface area contributed by atoms with Gasteiger partial charge in [-0.25, -0.2) is 0 Å². The summed E-state index contributed by atoms with van der Waals surface area (Å²) in [7, 11) is 0. The van der Waals surface area contributed by atoms with E-state index < -0.39 is 0 Å². The number of amides is 1. The molecule has 0 atom stereocenters. The first-order valence-electron chi connectivity index (χ1n) is 6.44. The maximum Gasteiger partial charge on any atom is 0.255 e. The molecule has 21 heavy (non-hydrogen) atoms. The number of nitrogens with zero attached hydrogens (tertiary/aromatic N) is 2. The van der Waals surface area contributed by atoms with Crippen LogP contribution in [-0.2, 0) is 0 Å². The van der Waals surface area contributed by atoms with Crippen LogP contribution in [0.1, 0.15) is 10.4 Å². The van der Waals surface area contributed by atoms with E-state index in [1.165, 1.54) is 0 Å². The number of ether oxygens (including phenoxy) is 1. The lowest BCUT2D eigenvalue weighted by molar-refractivity contribution is 0.0177. The Morgan fingerprint density at radius 1 is 1.29 bits per heavy atom. The van der Waals surface area contributed by atoms with Crippen molar-refractivity contribution < 1.29 is 9.53 Å². The van der Waals surface area contributed by atoms with Crippen molar-refractivity contribution in [3.8, 4) is 5.75 Å². The summed E-state index contributed by atoms with van der Waals surface area (Å²) in [5, 5.41) is 0.877. The van der Waals surface area contributed by atoms with Gasteiger partial charge in [-0.1, -0.05) is 23.2 Å². The first kappa shape index (κ1) is 14.2. The molecule has 0 unspecified atom stereocenters. The van der Waals surface area contributed by atoms with E-state index in [2.05, 4.69) is 4.98 Å². The fraction of sp³-hybridized carbons (Fsp3) is 0.200. The largest absolute Gasteiger partial charge is 0.485 e. The van der Waals surface area contributed by atoms with E-state index in [-0.39, 0.29) is 12.0 Å². The van der Waals surface area contributed by atoms with Gasteiger partial charge in [0, 0.05) is 11.2 Å². The van der Waals surface area contributed by atoms with Crippen molar-refractivity contribution in [2.24, 2.45) is 0 Å². The number of aromatic nitrogens is 1. The second kappa shape index (κ2) is 5.92. The molecule has 0 N–H and O–H groups in total. The normalized spacial score (nSPS) is 14.7. The smallest absolute Gasteiger partial charge is 0.255 e. The van der Waals surface area contributed by atoms with Gasteiger partial charge in [-0.15, -0.1) is 0 Å². The average molecular weight is 323 g/mol. The Hall–Kier alpha value is -1.78. The number of rotatable bonds is 3. The molecule has 108 valence electrons. The topological polar surface area (TPSA) is 42.4 Å². The third-order valence-electron chi connectivity index (χ3n) is 3.23. The Morgan fingerprint density at radius 2 is 2.10 bits per heavy atom. The maximum atomic E-state index is 12.3. The lowest BCUT2D eigenvalue weighted by Gasteiger charge is -2.39. The molecule has 1 aromatic carbocycles. The molecule has 1 aliphatic rings. The molecular formula is C15H12Cl2N2O2. The quantitative estimate of drug-likeness (QED) is 0.870. The molecule has 2 heterocycles. The molecule has 1 aromatic heterocycles. The van der Waals surface area contributed by atoms with E-state index in [9.17, 15) is 4.79 Å². The van der Waals surface area contributed by atoms with Crippen LogP contribution in [0, 0.1) is 0 Å². The summed E-state index contributed by atoms with van der Waals surface area (Å²) in [6.07, 6.45) is 3.33. The van der Waals surface area contributed by atoms with Gasteiger partial charge >= 0.3 is 0 Å². The molecule has 1 saturated heterocycles. The fourth-order valence-electron chi connectivity index (χ4n) is 2.12. The van der Waals surface area contributed by atoms with Crippen LogP contribution in [0.5, 0.6) is 5.75 Å². The zero-order valence-corrected chi connectivity index (χ0v) is 12.5. The van der Waals surface area contributed by atoms with Gasteiger partial charge in [0.15, 0.2) is 0 Å². The molecule has 0 radical (unpaired) electrons. The summed E-state index contributed by atoms with van der Waals surface area (Å²) in [5.41, 5.74) is 0.459. The van der Waals surface area contributed by atoms with Gasteiger partial charge in [0.05, 0.1) is 29.9 Å². The summed E-state index contributed by atoms with van der Waals surface area (Å²) in [5.74, 6) is 0.599. The maximum absolute atomic E-state index is 12.3. The van der Waals surface area contributed by atoms with Crippen LogP contribution in [0.15, 0.2) is 42.7 Å². The van der Waals surface area contributed by atoms with Crippen molar-refractivity contribution in [2.45, 2.75) is 6.10 Å². The van der Waals surface area contributed by atoms with Crippen molar-refractivity contribution in [2.75, 3.05) is 13.1 Å². The first-order chi connectivity index (χ1) is 10.1. The van der Waals surface area contributed by atoms with Crippen molar-refractivity contribution in [1.82, 2.24) is 9.88 Å². The van der Waals surface area contributed by atoms with Crippen molar-refractivity contribution in [1.29, 1.82) is 0 Å². The first-order valence-corrected chi connectivity index (χ1v) is 7.20. The molecule has 0 aliphatic carbocycles. The zero-order chi connectivity index (χ0) is 14.8. The number of pyridine rings is 1. The molecule has 2 aromatic rings. The molecule has 0 saturated carbocycles. The molecule has 1 fully saturated rings. The number of hydrogen-bond donors (Lipinski definition) is 0. The van der Waals surface area contributed by atoms with Gasteiger partial charge in [-0.2, -0.15) is 0 Å². The van der Waals surface area contributed by atoms with Gasteiger partial charge < -0.3 is 9.64 Å². The Morgan fingerprint density at radius 3 is 2.76 bits per heavy atom. The van der Waals surface area contributed by atoms with E-state index in [0.29, 0.717) is 34.4 Å². The van der Waals surface area contributed by atoms with Crippen LogP contribution < -0.4 is 4.74 Å². The van der Waals surface area contributed by atoms with Crippen molar-refractivity contribution in [3.05, 3.63) is 58.3 Å². The van der Waals surface area contributed by atoms with E-state index in [1.54, 1.807) is 35.5 Å². The number of likely N-dealkylation sites (tertiary alicyclic amines) is 1. The molecule has 0 spiro atoms. The van der Waals surface area contributed by atoms with Gasteiger partial charge in [0.25, 0.3) is 5.91 Å². The Labute approximate surface area is 132 Å². The Bertz CT molecular complexity index is 658. The van der Waals surface area contributed by atoms with Crippen molar-refractivity contribution in [3.63, 3.8) is 0 Å². The van der Waals surface area contributed by atoms with E-state index >= 15 is 0 Å². The Kier molecular flexibility index (Phi) is 3.99. The number of carbonyl (C=O) groups excluding carboxylic acids is 1. The summed E-state index contributed by atoms with van der Waals surface area (Å²) in [6.45, 7) is 1.07. The minimum atomic E-state index is -0.109. The van der Waals surface area contributed by atoms with Crippen LogP contribution in [-0.4, -0.2) is 35.0 Å². The third kappa shape index (κ3) is 3.12. The number of halogens is 2. The summed E-state index contributed by atoms with van der Waals surface area (Å²) in [4.78, 5) is 18.0. The highest BCUT2D eigenvalue weighted by Crippen LogP contribution is 2.25. The van der Waals surface area contributed by atoms with Gasteiger partial charge in [0.1, 0.15) is 11.9 Å². The second-order valence-electron chi connectivity index (χ2n) is 4.76. The fourth-order valence-corrected chi connectivity index (χ4v) is 2.61. The van der Waals surface area contributed by atoms with Gasteiger partial charge in [-0.05, 0) is 30.3 Å². The minimum Gasteiger partial charge on any atom is -0.485 e. The SMILES string of the molecule is O=C(c1ccc(Cl)cc1Cl)N1CC(Oc2cccnc2)C1. The number of carbonyl (C=O) groups is 1. The van der Waals surface area contributed by atoms with Crippen LogP contribution >= 0.6 is 23.2 Å². The lowest BCUT2D eigenvalue weighted by atomic mass is 10.1. The monoisotopic (exact) mass is 322 g/mol. The standard InChI is InChI=1S/C15H12Cl2N2O2/c16-10-3-4-13(14(17)6-10)15(20)19-8-12(9-19)21-11-2-1-5-18-7-11/h1-7,12H,8-9H2. The van der Waals surface area contributed by atoms with E-state index in [0.717, 1.165) is 0 Å². The van der Waals surface area contributed by atoms with Crippen LogP contribution in [0.25, 0.3) is 0 Å². The molecule has 3 rings (SSSR count). The second-order valence-corrected chi connectivity index (χ2v) is 5.61.